The molecular weight excluding hydrogens is 152 g/mol. The third-order valence-corrected chi connectivity index (χ3v) is 1.58. The SMILES string of the molecule is C/C=C\C=C(/CC)CC(=O)OC. The molecule has 0 fully saturated rings. The summed E-state index contributed by atoms with van der Waals surface area (Å²) in [5, 5.41) is 0. The van der Waals surface area contributed by atoms with Crippen LogP contribution in [-0.2, 0) is 9.53 Å². The summed E-state index contributed by atoms with van der Waals surface area (Å²) >= 11 is 0. The molecule has 0 aliphatic rings. The van der Waals surface area contributed by atoms with E-state index in [1.807, 2.05) is 32.1 Å². The summed E-state index contributed by atoms with van der Waals surface area (Å²) in [7, 11) is 1.41. The van der Waals surface area contributed by atoms with Crippen molar-refractivity contribution in [1.29, 1.82) is 0 Å². The van der Waals surface area contributed by atoms with Gasteiger partial charge in [-0.1, -0.05) is 30.7 Å². The Balaban J connectivity index is 4.07. The molecule has 0 spiro atoms. The van der Waals surface area contributed by atoms with Gasteiger partial charge in [0, 0.05) is 0 Å². The Morgan fingerprint density at radius 2 is 2.17 bits per heavy atom. The molecule has 0 saturated carbocycles. The molecule has 0 aliphatic heterocycles. The van der Waals surface area contributed by atoms with Gasteiger partial charge >= 0.3 is 5.97 Å². The van der Waals surface area contributed by atoms with Crippen molar-refractivity contribution in [3.05, 3.63) is 23.8 Å². The molecule has 0 saturated heterocycles. The predicted molar refractivity (Wildman–Crippen MR) is 49.8 cm³/mol. The second kappa shape index (κ2) is 6.65. The van der Waals surface area contributed by atoms with Gasteiger partial charge in [-0.15, -0.1) is 0 Å². The highest BCUT2D eigenvalue weighted by atomic mass is 16.5. The van der Waals surface area contributed by atoms with Crippen LogP contribution in [0.3, 0.4) is 0 Å². The minimum Gasteiger partial charge on any atom is -0.469 e. The number of carbonyl (C=O) groups excluding carboxylic acids is 1. The summed E-state index contributed by atoms with van der Waals surface area (Å²) in [4.78, 5) is 10.9. The summed E-state index contributed by atoms with van der Waals surface area (Å²) in [5.41, 5.74) is 1.10. The normalized spacial score (nSPS) is 12.1. The number of allylic oxidation sites excluding steroid dienone is 3. The molecule has 0 aromatic heterocycles. The van der Waals surface area contributed by atoms with Crippen LogP contribution in [0.5, 0.6) is 0 Å². The van der Waals surface area contributed by atoms with Crippen LogP contribution >= 0.6 is 0 Å². The van der Waals surface area contributed by atoms with Crippen molar-refractivity contribution in [1.82, 2.24) is 0 Å². The molecule has 0 aliphatic carbocycles. The number of esters is 1. The maximum absolute atomic E-state index is 10.9. The lowest BCUT2D eigenvalue weighted by atomic mass is 10.1. The number of hydrogen-bond acceptors (Lipinski definition) is 2. The Bertz CT molecular complexity index is 190. The Labute approximate surface area is 73.9 Å². The molecule has 0 aromatic carbocycles. The molecular formula is C10H16O2. The van der Waals surface area contributed by atoms with Crippen LogP contribution in [0, 0.1) is 0 Å². The van der Waals surface area contributed by atoms with Crippen LogP contribution in [0.15, 0.2) is 23.8 Å². The lowest BCUT2D eigenvalue weighted by Crippen LogP contribution is -2.01. The van der Waals surface area contributed by atoms with Crippen molar-refractivity contribution >= 4 is 5.97 Å². The molecule has 0 N–H and O–H groups in total. The lowest BCUT2D eigenvalue weighted by Gasteiger charge is -2.00. The predicted octanol–water partition coefficient (Wildman–Crippen LogP) is 2.46. The van der Waals surface area contributed by atoms with Gasteiger partial charge in [0.2, 0.25) is 0 Å². The average Bonchev–Trinajstić information content (AvgIpc) is 2.11. The molecule has 0 unspecified atom stereocenters. The van der Waals surface area contributed by atoms with E-state index in [0.29, 0.717) is 6.42 Å². The molecule has 0 heterocycles. The molecule has 68 valence electrons. The molecule has 12 heavy (non-hydrogen) atoms. The van der Waals surface area contributed by atoms with E-state index in [4.69, 9.17) is 0 Å². The fourth-order valence-corrected chi connectivity index (χ4v) is 0.792. The van der Waals surface area contributed by atoms with Crippen molar-refractivity contribution in [2.75, 3.05) is 7.11 Å². The zero-order valence-electron chi connectivity index (χ0n) is 7.96. The molecule has 0 amide bonds. The zero-order chi connectivity index (χ0) is 9.40. The van der Waals surface area contributed by atoms with Crippen LogP contribution in [0.2, 0.25) is 0 Å². The number of methoxy groups -OCH3 is 1. The second-order valence-electron chi connectivity index (χ2n) is 2.46. The number of ether oxygens (including phenoxy) is 1. The van der Waals surface area contributed by atoms with E-state index in [9.17, 15) is 4.79 Å². The fraction of sp³-hybridized carbons (Fsp3) is 0.500. The van der Waals surface area contributed by atoms with Crippen LogP contribution in [0.4, 0.5) is 0 Å². The summed E-state index contributed by atoms with van der Waals surface area (Å²) in [6.07, 6.45) is 7.11. The van der Waals surface area contributed by atoms with Gasteiger partial charge in [-0.3, -0.25) is 4.79 Å². The molecule has 2 heteroatoms. The highest BCUT2D eigenvalue weighted by molar-refractivity contribution is 5.72. The highest BCUT2D eigenvalue weighted by Crippen LogP contribution is 2.07. The largest absolute Gasteiger partial charge is 0.469 e. The third kappa shape index (κ3) is 4.72. The van der Waals surface area contributed by atoms with Crippen molar-refractivity contribution in [3.63, 3.8) is 0 Å². The number of rotatable bonds is 4. The first-order chi connectivity index (χ1) is 5.74. The van der Waals surface area contributed by atoms with E-state index in [-0.39, 0.29) is 5.97 Å². The standard InChI is InChI=1S/C10H16O2/c1-4-6-7-9(5-2)8-10(11)12-3/h4,6-7H,5,8H2,1-3H3/b6-4-,9-7+. The van der Waals surface area contributed by atoms with Gasteiger partial charge in [0.25, 0.3) is 0 Å². The summed E-state index contributed by atoms with van der Waals surface area (Å²) in [6.45, 7) is 3.97. The first-order valence-electron chi connectivity index (χ1n) is 4.12. The van der Waals surface area contributed by atoms with E-state index >= 15 is 0 Å². The quantitative estimate of drug-likeness (QED) is 0.476. The average molecular weight is 168 g/mol. The van der Waals surface area contributed by atoms with Crippen LogP contribution in [0.25, 0.3) is 0 Å². The van der Waals surface area contributed by atoms with Gasteiger partial charge in [0.05, 0.1) is 13.5 Å². The molecule has 2 nitrogen and oxygen atoms in total. The van der Waals surface area contributed by atoms with Gasteiger partial charge in [-0.05, 0) is 13.3 Å². The number of hydrogen-bond donors (Lipinski definition) is 0. The topological polar surface area (TPSA) is 26.3 Å². The first kappa shape index (κ1) is 11.0. The van der Waals surface area contributed by atoms with Crippen LogP contribution < -0.4 is 0 Å². The van der Waals surface area contributed by atoms with E-state index < -0.39 is 0 Å². The van der Waals surface area contributed by atoms with Crippen molar-refractivity contribution in [2.45, 2.75) is 26.7 Å². The van der Waals surface area contributed by atoms with Gasteiger partial charge in [-0.25, -0.2) is 0 Å². The zero-order valence-corrected chi connectivity index (χ0v) is 7.96. The van der Waals surface area contributed by atoms with E-state index in [0.717, 1.165) is 12.0 Å². The van der Waals surface area contributed by atoms with Crippen molar-refractivity contribution in [2.24, 2.45) is 0 Å². The van der Waals surface area contributed by atoms with Crippen LogP contribution in [-0.4, -0.2) is 13.1 Å². The molecule has 0 radical (unpaired) electrons. The second-order valence-corrected chi connectivity index (χ2v) is 2.46. The third-order valence-electron chi connectivity index (χ3n) is 1.58. The summed E-state index contributed by atoms with van der Waals surface area (Å²) < 4.78 is 4.56. The van der Waals surface area contributed by atoms with E-state index in [2.05, 4.69) is 4.74 Å². The van der Waals surface area contributed by atoms with Gasteiger partial charge in [0.1, 0.15) is 0 Å². The maximum atomic E-state index is 10.9. The Morgan fingerprint density at radius 3 is 2.58 bits per heavy atom. The van der Waals surface area contributed by atoms with Crippen molar-refractivity contribution < 1.29 is 9.53 Å². The minimum atomic E-state index is -0.174. The van der Waals surface area contributed by atoms with Gasteiger partial charge in [-0.2, -0.15) is 0 Å². The maximum Gasteiger partial charge on any atom is 0.309 e. The van der Waals surface area contributed by atoms with E-state index in [1.165, 1.54) is 7.11 Å². The fourth-order valence-electron chi connectivity index (χ4n) is 0.792. The van der Waals surface area contributed by atoms with Gasteiger partial charge in [0.15, 0.2) is 0 Å². The molecule has 0 rings (SSSR count). The lowest BCUT2D eigenvalue weighted by molar-refractivity contribution is -0.139. The molecule has 0 bridgehead atoms. The Kier molecular flexibility index (Phi) is 6.07. The summed E-state index contributed by atoms with van der Waals surface area (Å²) in [5.74, 6) is -0.174. The van der Waals surface area contributed by atoms with Crippen LogP contribution in [0.1, 0.15) is 26.7 Å². The molecule has 0 atom stereocenters. The van der Waals surface area contributed by atoms with Gasteiger partial charge < -0.3 is 4.74 Å². The minimum absolute atomic E-state index is 0.174. The van der Waals surface area contributed by atoms with Crippen molar-refractivity contribution in [3.8, 4) is 0 Å². The Morgan fingerprint density at radius 1 is 1.50 bits per heavy atom. The van der Waals surface area contributed by atoms with E-state index in [1.54, 1.807) is 0 Å². The summed E-state index contributed by atoms with van der Waals surface area (Å²) in [6, 6.07) is 0. The molecule has 0 aromatic rings. The monoisotopic (exact) mass is 168 g/mol. The highest BCUT2D eigenvalue weighted by Gasteiger charge is 2.02. The smallest absolute Gasteiger partial charge is 0.309 e. The number of carbonyl (C=O) groups is 1. The first-order valence-corrected chi connectivity index (χ1v) is 4.12. The Hall–Kier alpha value is -1.05.